The van der Waals surface area contributed by atoms with E-state index >= 15 is 0 Å². The summed E-state index contributed by atoms with van der Waals surface area (Å²) in [5, 5.41) is 14.3. The Kier molecular flexibility index (Phi) is 22.6. The molecule has 0 atom stereocenters. The number of aliphatic hydroxyl groups is 1. The predicted octanol–water partition coefficient (Wildman–Crippen LogP) is 1.91. The van der Waals surface area contributed by atoms with Gasteiger partial charge in [-0.3, -0.25) is 9.59 Å². The number of Topliss-reactive ketones (excluding diaryl/α,β-unsaturated/α-hetero) is 1. The zero-order valence-electron chi connectivity index (χ0n) is 14.9. The van der Waals surface area contributed by atoms with Crippen LogP contribution in [0.25, 0.3) is 0 Å². The Morgan fingerprint density at radius 2 is 1.40 bits per heavy atom. The number of carbonyl (C=O) groups excluding carboxylic acids is 3. The summed E-state index contributed by atoms with van der Waals surface area (Å²) >= 11 is 0. The summed E-state index contributed by atoms with van der Waals surface area (Å²) in [6, 6.07) is 0. The maximum atomic E-state index is 11.6. The Morgan fingerprint density at radius 1 is 0.800 bits per heavy atom. The van der Waals surface area contributed by atoms with Crippen LogP contribution < -0.4 is 10.6 Å². The number of carbonyl (C=O) groups is 3. The van der Waals surface area contributed by atoms with E-state index in [4.69, 9.17) is 5.11 Å². The van der Waals surface area contributed by atoms with Crippen molar-refractivity contribution in [2.75, 3.05) is 31.2 Å². The number of nitrogens with one attached hydrogen (secondary N) is 2. The summed E-state index contributed by atoms with van der Waals surface area (Å²) in [5.74, 6) is 1.54. The van der Waals surface area contributed by atoms with E-state index in [2.05, 4.69) is 10.6 Å². The second-order valence-corrected chi connectivity index (χ2v) is 8.14. The molecule has 0 aliphatic rings. The summed E-state index contributed by atoms with van der Waals surface area (Å²) in [6.45, 7) is 3.00. The van der Waals surface area contributed by atoms with Gasteiger partial charge in [0.2, 0.25) is 11.8 Å². The second-order valence-electron chi connectivity index (χ2n) is 5.43. The van der Waals surface area contributed by atoms with Crippen LogP contribution in [0.15, 0.2) is 0 Å². The van der Waals surface area contributed by atoms with Gasteiger partial charge in [0.05, 0.1) is 0 Å². The number of hydrogen-bond acceptors (Lipinski definition) is 6. The van der Waals surface area contributed by atoms with Gasteiger partial charge in [-0.2, -0.15) is 0 Å². The van der Waals surface area contributed by atoms with Crippen LogP contribution in [-0.4, -0.2) is 53.9 Å². The summed E-state index contributed by atoms with van der Waals surface area (Å²) in [7, 11) is 3.25. The third kappa shape index (κ3) is 22.2. The Morgan fingerprint density at radius 3 is 2.08 bits per heavy atom. The zero-order valence-corrected chi connectivity index (χ0v) is 19.9. The molecule has 0 radical (unpaired) electrons. The summed E-state index contributed by atoms with van der Waals surface area (Å²) in [5.41, 5.74) is 0. The average Bonchev–Trinajstić information content (AvgIpc) is 2.55. The van der Waals surface area contributed by atoms with E-state index in [9.17, 15) is 14.4 Å². The molecule has 9 heteroatoms. The van der Waals surface area contributed by atoms with Gasteiger partial charge in [0.25, 0.3) is 0 Å². The first-order valence-electron chi connectivity index (χ1n) is 8.44. The van der Waals surface area contributed by atoms with Crippen molar-refractivity contribution in [3.8, 4) is 0 Å². The molecule has 0 rings (SSSR count). The van der Waals surface area contributed by atoms with Gasteiger partial charge in [0.15, 0.2) is 0 Å². The SMILES string of the molecule is CC(=O)CCC(=O)NCCSSCCC(=O)NCCCCCCO.[Pu]. The third-order valence-corrected chi connectivity index (χ3v) is 5.52. The number of hydrogen-bond donors (Lipinski definition) is 3. The topological polar surface area (TPSA) is 95.5 Å². The van der Waals surface area contributed by atoms with E-state index in [1.54, 1.807) is 21.6 Å². The number of unbranched alkanes of at least 4 members (excludes halogenated alkanes) is 3. The molecule has 0 aromatic rings. The van der Waals surface area contributed by atoms with Gasteiger partial charge in [-0.25, -0.2) is 0 Å². The van der Waals surface area contributed by atoms with Crippen LogP contribution in [0, 0.1) is 29.2 Å². The van der Waals surface area contributed by atoms with E-state index in [0.717, 1.165) is 37.2 Å². The molecule has 0 bridgehead atoms. The molecule has 2 amide bonds. The van der Waals surface area contributed by atoms with Gasteiger partial charge < -0.3 is 20.5 Å². The fourth-order valence-electron chi connectivity index (χ4n) is 1.77. The van der Waals surface area contributed by atoms with Crippen LogP contribution >= 0.6 is 21.6 Å². The molecule has 25 heavy (non-hydrogen) atoms. The molecule has 0 spiro atoms. The van der Waals surface area contributed by atoms with Gasteiger partial charge in [-0.1, -0.05) is 34.4 Å². The quantitative estimate of drug-likeness (QED) is 0.180. The summed E-state index contributed by atoms with van der Waals surface area (Å²) in [4.78, 5) is 33.7. The number of aliphatic hydroxyl groups excluding tert-OH is 1. The molecule has 146 valence electrons. The molecular weight excluding hydrogens is 592 g/mol. The molecule has 0 aromatic carbocycles. The van der Waals surface area contributed by atoms with Crippen molar-refractivity contribution in [1.82, 2.24) is 10.6 Å². The normalized spacial score (nSPS) is 10.0. The van der Waals surface area contributed by atoms with Crippen molar-refractivity contribution in [3.63, 3.8) is 0 Å². The minimum Gasteiger partial charge on any atom is -0.396 e. The van der Waals surface area contributed by atoms with Crippen LogP contribution in [-0.2, 0) is 14.4 Å². The van der Waals surface area contributed by atoms with Crippen LogP contribution in [0.3, 0.4) is 0 Å². The summed E-state index contributed by atoms with van der Waals surface area (Å²) < 4.78 is 0. The van der Waals surface area contributed by atoms with Gasteiger partial charge in [-0.15, -0.1) is 0 Å². The van der Waals surface area contributed by atoms with Crippen LogP contribution in [0.4, 0.5) is 0 Å². The Hall–Kier alpha value is 0.257. The summed E-state index contributed by atoms with van der Waals surface area (Å²) in [6.07, 6.45) is 4.88. The monoisotopic (exact) mass is 616 g/mol. The molecule has 6 nitrogen and oxygen atoms in total. The van der Waals surface area contributed by atoms with Crippen molar-refractivity contribution in [3.05, 3.63) is 0 Å². The van der Waals surface area contributed by atoms with E-state index < -0.39 is 0 Å². The van der Waals surface area contributed by atoms with Crippen molar-refractivity contribution >= 4 is 39.2 Å². The van der Waals surface area contributed by atoms with Crippen molar-refractivity contribution in [2.45, 2.75) is 51.9 Å². The van der Waals surface area contributed by atoms with E-state index in [-0.39, 0.29) is 59.8 Å². The smallest absolute Gasteiger partial charge is 0.220 e. The minimum absolute atomic E-state index is 0. The van der Waals surface area contributed by atoms with Crippen LogP contribution in [0.5, 0.6) is 0 Å². The largest absolute Gasteiger partial charge is 0.396 e. The molecule has 0 saturated heterocycles. The zero-order chi connectivity index (χ0) is 18.0. The van der Waals surface area contributed by atoms with Gasteiger partial charge in [0, 0.05) is 79.6 Å². The molecule has 0 saturated carbocycles. The fourth-order valence-corrected chi connectivity index (χ4v) is 3.67. The first-order valence-corrected chi connectivity index (χ1v) is 10.9. The maximum Gasteiger partial charge on any atom is 0.220 e. The molecule has 3 N–H and O–H groups in total. The third-order valence-electron chi connectivity index (χ3n) is 3.11. The molecule has 0 heterocycles. The molecule has 0 aliphatic heterocycles. The average molecular weight is 623 g/mol. The first-order chi connectivity index (χ1) is 11.6. The predicted molar refractivity (Wildman–Crippen MR) is 101 cm³/mol. The van der Waals surface area contributed by atoms with Crippen LogP contribution in [0.1, 0.15) is 51.9 Å². The van der Waals surface area contributed by atoms with E-state index in [1.165, 1.54) is 6.92 Å². The number of amides is 2. The Labute approximate surface area is 180 Å². The molecule has 0 fully saturated rings. The molecular formula is C16H30N2O4PuS2. The van der Waals surface area contributed by atoms with Crippen LogP contribution in [0.2, 0.25) is 0 Å². The van der Waals surface area contributed by atoms with E-state index in [0.29, 0.717) is 25.9 Å². The van der Waals surface area contributed by atoms with E-state index in [1.807, 2.05) is 0 Å². The molecule has 0 aromatic heterocycles. The Balaban J connectivity index is 0. The maximum absolute atomic E-state index is 11.6. The Bertz CT molecular complexity index is 374. The van der Waals surface area contributed by atoms with Crippen molar-refractivity contribution in [2.24, 2.45) is 0 Å². The molecule has 0 unspecified atom stereocenters. The second kappa shape index (κ2) is 20.6. The number of rotatable bonds is 16. The first kappa shape index (κ1) is 27.5. The minimum atomic E-state index is -0.0887. The van der Waals surface area contributed by atoms with Crippen molar-refractivity contribution in [1.29, 1.82) is 0 Å². The van der Waals surface area contributed by atoms with Gasteiger partial charge in [-0.05, 0) is 19.8 Å². The van der Waals surface area contributed by atoms with Crippen molar-refractivity contribution < 1.29 is 48.7 Å². The molecule has 0 aliphatic carbocycles. The van der Waals surface area contributed by atoms with Gasteiger partial charge >= 0.3 is 0 Å². The fraction of sp³-hybridized carbons (Fsp3) is 0.812. The standard InChI is InChI=1S/C16H30N2O4S2.Pu/c1-14(20)6-7-15(21)18-10-13-24-23-12-8-16(22)17-9-4-2-3-5-11-19;/h19H,2-13H2,1H3,(H,17,22)(H,18,21);. The number of ketones is 1. The van der Waals surface area contributed by atoms with Gasteiger partial charge in [0.1, 0.15) is 5.78 Å².